The van der Waals surface area contributed by atoms with Crippen molar-refractivity contribution < 1.29 is 0 Å². The number of hydrogen-bond acceptors (Lipinski definition) is 1. The van der Waals surface area contributed by atoms with Crippen LogP contribution in [0.4, 0.5) is 0 Å². The summed E-state index contributed by atoms with van der Waals surface area (Å²) >= 11 is 0. The van der Waals surface area contributed by atoms with Gasteiger partial charge in [-0.3, -0.25) is 0 Å². The van der Waals surface area contributed by atoms with Crippen molar-refractivity contribution in [3.05, 3.63) is 49.1 Å². The van der Waals surface area contributed by atoms with Crippen molar-refractivity contribution in [2.75, 3.05) is 0 Å². The quantitative estimate of drug-likeness (QED) is 0.467. The Morgan fingerprint density at radius 2 is 1.82 bits per heavy atom. The summed E-state index contributed by atoms with van der Waals surface area (Å²) in [6.45, 7) is 12.7. The monoisotopic (exact) mass is 147 g/mol. The molecule has 0 radical (unpaired) electrons. The Labute approximate surface area is 68.0 Å². The normalized spacial score (nSPS) is 10.5. The largest absolute Gasteiger partial charge is 0.300 e. The Morgan fingerprint density at radius 3 is 2.09 bits per heavy atom. The van der Waals surface area contributed by atoms with E-state index in [2.05, 4.69) is 19.7 Å². The van der Waals surface area contributed by atoms with Crippen LogP contribution >= 0.6 is 0 Å². The third-order valence-electron chi connectivity index (χ3n) is 1.14. The standard InChI is InChI=1S/C10H13N/c1-5-9(7-8(3)4)10(11)6-2/h5-7,11H,1-3H2,4H3/b9-7-,11-10?. The van der Waals surface area contributed by atoms with Crippen LogP contribution in [0.1, 0.15) is 6.92 Å². The highest BCUT2D eigenvalue weighted by Crippen LogP contribution is 2.03. The molecular formula is C10H13N. The lowest BCUT2D eigenvalue weighted by atomic mass is 10.1. The molecule has 0 aromatic carbocycles. The van der Waals surface area contributed by atoms with Gasteiger partial charge in [-0.05, 0) is 18.6 Å². The van der Waals surface area contributed by atoms with E-state index in [0.29, 0.717) is 5.71 Å². The molecule has 0 spiro atoms. The lowest BCUT2D eigenvalue weighted by Gasteiger charge is -1.97. The van der Waals surface area contributed by atoms with E-state index in [1.165, 1.54) is 6.08 Å². The summed E-state index contributed by atoms with van der Waals surface area (Å²) in [5, 5.41) is 7.39. The second kappa shape index (κ2) is 4.45. The van der Waals surface area contributed by atoms with Gasteiger partial charge in [0, 0.05) is 0 Å². The van der Waals surface area contributed by atoms with Gasteiger partial charge < -0.3 is 5.41 Å². The van der Waals surface area contributed by atoms with Crippen molar-refractivity contribution in [2.45, 2.75) is 6.92 Å². The molecule has 1 N–H and O–H groups in total. The molecule has 58 valence electrons. The van der Waals surface area contributed by atoms with Crippen LogP contribution in [-0.4, -0.2) is 5.71 Å². The molecule has 0 aliphatic rings. The second-order valence-corrected chi connectivity index (χ2v) is 2.27. The zero-order valence-electron chi connectivity index (χ0n) is 6.85. The molecule has 0 aliphatic carbocycles. The fraction of sp³-hybridized carbons (Fsp3) is 0.100. The summed E-state index contributed by atoms with van der Waals surface area (Å²) in [6.07, 6.45) is 4.91. The Morgan fingerprint density at radius 1 is 1.27 bits per heavy atom. The van der Waals surface area contributed by atoms with Gasteiger partial charge in [0.2, 0.25) is 0 Å². The van der Waals surface area contributed by atoms with Gasteiger partial charge in [-0.15, -0.1) is 0 Å². The maximum absolute atomic E-state index is 7.39. The van der Waals surface area contributed by atoms with Crippen LogP contribution in [0, 0.1) is 5.41 Å². The highest BCUT2D eigenvalue weighted by atomic mass is 14.4. The molecule has 0 atom stereocenters. The van der Waals surface area contributed by atoms with E-state index in [1.807, 2.05) is 6.92 Å². The minimum absolute atomic E-state index is 0.378. The fourth-order valence-electron chi connectivity index (χ4n) is 0.630. The maximum Gasteiger partial charge on any atom is 0.0606 e. The third-order valence-corrected chi connectivity index (χ3v) is 1.14. The van der Waals surface area contributed by atoms with Crippen LogP contribution in [0.15, 0.2) is 49.1 Å². The molecule has 0 saturated carbocycles. The molecule has 0 aromatic rings. The zero-order valence-corrected chi connectivity index (χ0v) is 6.85. The van der Waals surface area contributed by atoms with Gasteiger partial charge in [-0.25, -0.2) is 0 Å². The highest BCUT2D eigenvalue weighted by Gasteiger charge is 1.94. The Hall–Kier alpha value is -1.37. The molecule has 0 amide bonds. The van der Waals surface area contributed by atoms with Crippen LogP contribution < -0.4 is 0 Å². The molecular weight excluding hydrogens is 134 g/mol. The van der Waals surface area contributed by atoms with E-state index in [4.69, 9.17) is 5.41 Å². The zero-order chi connectivity index (χ0) is 8.85. The van der Waals surface area contributed by atoms with Gasteiger partial charge in [-0.1, -0.05) is 37.5 Å². The van der Waals surface area contributed by atoms with E-state index in [0.717, 1.165) is 11.1 Å². The first kappa shape index (κ1) is 9.63. The Kier molecular flexibility index (Phi) is 3.89. The summed E-state index contributed by atoms with van der Waals surface area (Å²) in [6, 6.07) is 0. The average Bonchev–Trinajstić information content (AvgIpc) is 1.98. The van der Waals surface area contributed by atoms with Crippen LogP contribution in [0.5, 0.6) is 0 Å². The van der Waals surface area contributed by atoms with Gasteiger partial charge in [0.05, 0.1) is 5.71 Å². The molecule has 0 bridgehead atoms. The second-order valence-electron chi connectivity index (χ2n) is 2.27. The first-order valence-electron chi connectivity index (χ1n) is 3.32. The number of nitrogens with one attached hydrogen (secondary N) is 1. The molecule has 11 heavy (non-hydrogen) atoms. The van der Waals surface area contributed by atoms with E-state index >= 15 is 0 Å². The Bertz CT molecular complexity index is 231. The summed E-state index contributed by atoms with van der Waals surface area (Å²) in [5.41, 5.74) is 2.04. The van der Waals surface area contributed by atoms with Crippen molar-refractivity contribution in [3.63, 3.8) is 0 Å². The number of allylic oxidation sites excluding steroid dienone is 5. The lowest BCUT2D eigenvalue weighted by Crippen LogP contribution is -1.93. The van der Waals surface area contributed by atoms with E-state index in [9.17, 15) is 0 Å². The molecule has 0 saturated heterocycles. The molecule has 1 heteroatoms. The van der Waals surface area contributed by atoms with E-state index in [-0.39, 0.29) is 0 Å². The predicted molar refractivity (Wildman–Crippen MR) is 51.0 cm³/mol. The van der Waals surface area contributed by atoms with Gasteiger partial charge in [0.25, 0.3) is 0 Å². The summed E-state index contributed by atoms with van der Waals surface area (Å²) in [5.74, 6) is 0. The van der Waals surface area contributed by atoms with Crippen molar-refractivity contribution in [3.8, 4) is 0 Å². The minimum Gasteiger partial charge on any atom is -0.300 e. The van der Waals surface area contributed by atoms with Crippen molar-refractivity contribution in [1.82, 2.24) is 0 Å². The van der Waals surface area contributed by atoms with Crippen LogP contribution in [0.25, 0.3) is 0 Å². The minimum atomic E-state index is 0.378. The molecule has 1 nitrogen and oxygen atoms in total. The van der Waals surface area contributed by atoms with Gasteiger partial charge in [0.1, 0.15) is 0 Å². The van der Waals surface area contributed by atoms with Crippen LogP contribution in [-0.2, 0) is 0 Å². The van der Waals surface area contributed by atoms with Crippen molar-refractivity contribution in [1.29, 1.82) is 5.41 Å². The summed E-state index contributed by atoms with van der Waals surface area (Å²) in [7, 11) is 0. The third kappa shape index (κ3) is 3.36. The first-order valence-corrected chi connectivity index (χ1v) is 3.32. The molecule has 0 aliphatic heterocycles. The molecule has 0 unspecified atom stereocenters. The summed E-state index contributed by atoms with van der Waals surface area (Å²) < 4.78 is 0. The lowest BCUT2D eigenvalue weighted by molar-refractivity contribution is 1.48. The predicted octanol–water partition coefficient (Wildman–Crippen LogP) is 2.88. The van der Waals surface area contributed by atoms with Gasteiger partial charge >= 0.3 is 0 Å². The summed E-state index contributed by atoms with van der Waals surface area (Å²) in [4.78, 5) is 0. The smallest absolute Gasteiger partial charge is 0.0606 e. The molecule has 0 aromatic heterocycles. The molecule has 0 rings (SSSR count). The molecule has 0 fully saturated rings. The van der Waals surface area contributed by atoms with Crippen molar-refractivity contribution >= 4 is 5.71 Å². The van der Waals surface area contributed by atoms with E-state index in [1.54, 1.807) is 12.2 Å². The SMILES string of the molecule is C=CC(=N)/C(C=C)=C\C(=C)C. The topological polar surface area (TPSA) is 23.9 Å². The van der Waals surface area contributed by atoms with Crippen LogP contribution in [0.3, 0.4) is 0 Å². The average molecular weight is 147 g/mol. The van der Waals surface area contributed by atoms with Crippen LogP contribution in [0.2, 0.25) is 0 Å². The maximum atomic E-state index is 7.39. The first-order chi connectivity index (χ1) is 5.11. The van der Waals surface area contributed by atoms with Gasteiger partial charge in [-0.2, -0.15) is 0 Å². The van der Waals surface area contributed by atoms with Crippen molar-refractivity contribution in [2.24, 2.45) is 0 Å². The molecule has 0 heterocycles. The Balaban J connectivity index is 4.65. The fourth-order valence-corrected chi connectivity index (χ4v) is 0.630. The van der Waals surface area contributed by atoms with E-state index < -0.39 is 0 Å². The number of rotatable bonds is 4. The van der Waals surface area contributed by atoms with Gasteiger partial charge in [0.15, 0.2) is 0 Å². The number of hydrogen-bond donors (Lipinski definition) is 1. The highest BCUT2D eigenvalue weighted by molar-refractivity contribution is 6.08.